The molecule has 1 aliphatic heterocycles. The highest BCUT2D eigenvalue weighted by Gasteiger charge is 2.35. The quantitative estimate of drug-likeness (QED) is 0.903. The van der Waals surface area contributed by atoms with E-state index in [2.05, 4.69) is 24.1 Å². The third-order valence-electron chi connectivity index (χ3n) is 4.22. The van der Waals surface area contributed by atoms with Crippen LogP contribution in [0.15, 0.2) is 18.3 Å². The Bertz CT molecular complexity index is 472. The molecule has 0 aliphatic carbocycles. The van der Waals surface area contributed by atoms with Crippen molar-refractivity contribution in [1.29, 1.82) is 0 Å². The molecule has 1 saturated heterocycles. The van der Waals surface area contributed by atoms with Gasteiger partial charge in [-0.25, -0.2) is 4.98 Å². The van der Waals surface area contributed by atoms with Crippen LogP contribution in [0.5, 0.6) is 0 Å². The Hall–Kier alpha value is -1.30. The van der Waals surface area contributed by atoms with E-state index < -0.39 is 11.7 Å². The van der Waals surface area contributed by atoms with Gasteiger partial charge in [0.2, 0.25) is 0 Å². The summed E-state index contributed by atoms with van der Waals surface area (Å²) in [7, 11) is 0. The number of hydrogen-bond donors (Lipinski definition) is 1. The molecule has 1 atom stereocenters. The van der Waals surface area contributed by atoms with Crippen molar-refractivity contribution >= 4 is 5.82 Å². The molecule has 1 aliphatic rings. The van der Waals surface area contributed by atoms with Crippen LogP contribution in [-0.2, 0) is 10.9 Å². The van der Waals surface area contributed by atoms with E-state index in [4.69, 9.17) is 4.74 Å². The molecule has 1 aromatic rings. The van der Waals surface area contributed by atoms with E-state index >= 15 is 0 Å². The zero-order valence-corrected chi connectivity index (χ0v) is 12.3. The fourth-order valence-corrected chi connectivity index (χ4v) is 2.79. The number of nitrogens with zero attached hydrogens (tertiary/aromatic N) is 1. The summed E-state index contributed by atoms with van der Waals surface area (Å²) in [5, 5.41) is 3.13. The van der Waals surface area contributed by atoms with E-state index in [1.165, 1.54) is 6.20 Å². The van der Waals surface area contributed by atoms with Gasteiger partial charge in [-0.2, -0.15) is 13.2 Å². The zero-order valence-electron chi connectivity index (χ0n) is 12.3. The minimum Gasteiger partial charge on any atom is -0.375 e. The van der Waals surface area contributed by atoms with Crippen LogP contribution in [0.1, 0.15) is 45.1 Å². The lowest BCUT2D eigenvalue weighted by atomic mass is 9.86. The topological polar surface area (TPSA) is 34.2 Å². The first-order valence-electron chi connectivity index (χ1n) is 7.32. The van der Waals surface area contributed by atoms with Crippen molar-refractivity contribution in [2.24, 2.45) is 0 Å². The number of ether oxygens (including phenoxy) is 1. The van der Waals surface area contributed by atoms with E-state index in [1.54, 1.807) is 0 Å². The van der Waals surface area contributed by atoms with Crippen molar-refractivity contribution in [2.45, 2.75) is 57.3 Å². The van der Waals surface area contributed by atoms with Gasteiger partial charge in [-0.15, -0.1) is 0 Å². The number of hydrogen-bond acceptors (Lipinski definition) is 3. The molecule has 2 heterocycles. The Balaban J connectivity index is 2.08. The Morgan fingerprint density at radius 1 is 1.38 bits per heavy atom. The molecule has 118 valence electrons. The maximum absolute atomic E-state index is 12.7. The third-order valence-corrected chi connectivity index (χ3v) is 4.22. The molecule has 1 N–H and O–H groups in total. The van der Waals surface area contributed by atoms with Crippen LogP contribution in [0.3, 0.4) is 0 Å². The van der Waals surface area contributed by atoms with Gasteiger partial charge in [0.1, 0.15) is 5.82 Å². The summed E-state index contributed by atoms with van der Waals surface area (Å²) in [4.78, 5) is 3.99. The standard InChI is InChI=1S/C15H21F3N2O/c1-3-14(4-2)10-12(6-8-21-14)20-13-9-11(5-7-19-13)15(16,17)18/h5,7,9,12H,3-4,6,8,10H2,1-2H3,(H,19,20). The van der Waals surface area contributed by atoms with Crippen LogP contribution >= 0.6 is 0 Å². The number of alkyl halides is 3. The molecule has 1 unspecified atom stereocenters. The number of pyridine rings is 1. The monoisotopic (exact) mass is 302 g/mol. The average molecular weight is 302 g/mol. The van der Waals surface area contributed by atoms with E-state index in [1.807, 2.05) is 0 Å². The van der Waals surface area contributed by atoms with Gasteiger partial charge >= 0.3 is 6.18 Å². The van der Waals surface area contributed by atoms with Gasteiger partial charge in [-0.1, -0.05) is 13.8 Å². The van der Waals surface area contributed by atoms with Crippen LogP contribution in [0.25, 0.3) is 0 Å². The van der Waals surface area contributed by atoms with Crippen molar-refractivity contribution in [3.05, 3.63) is 23.9 Å². The molecule has 1 fully saturated rings. The molecule has 2 rings (SSSR count). The highest BCUT2D eigenvalue weighted by atomic mass is 19.4. The molecule has 6 heteroatoms. The molecule has 0 amide bonds. The second kappa shape index (κ2) is 6.22. The first-order chi connectivity index (χ1) is 9.88. The molecular formula is C15H21F3N2O. The summed E-state index contributed by atoms with van der Waals surface area (Å²) in [6.45, 7) is 4.78. The van der Waals surface area contributed by atoms with Gasteiger partial charge in [0.15, 0.2) is 0 Å². The van der Waals surface area contributed by atoms with Crippen molar-refractivity contribution in [3.8, 4) is 0 Å². The first-order valence-corrected chi connectivity index (χ1v) is 7.32. The highest BCUT2D eigenvalue weighted by molar-refractivity contribution is 5.39. The minimum atomic E-state index is -4.34. The lowest BCUT2D eigenvalue weighted by molar-refractivity contribution is -0.137. The normalized spacial score (nSPS) is 22.0. The lowest BCUT2D eigenvalue weighted by Crippen LogP contribution is -2.43. The SMILES string of the molecule is CCC1(CC)CC(Nc2cc(C(F)(F)F)ccn2)CCO1. The van der Waals surface area contributed by atoms with Gasteiger partial charge in [0, 0.05) is 18.8 Å². The highest BCUT2D eigenvalue weighted by Crippen LogP contribution is 2.34. The Labute approximate surface area is 122 Å². The summed E-state index contributed by atoms with van der Waals surface area (Å²) >= 11 is 0. The predicted molar refractivity (Wildman–Crippen MR) is 75.1 cm³/mol. The molecule has 0 radical (unpaired) electrons. The predicted octanol–water partition coefficient (Wildman–Crippen LogP) is 4.25. The number of anilines is 1. The van der Waals surface area contributed by atoms with E-state index in [0.29, 0.717) is 6.61 Å². The van der Waals surface area contributed by atoms with Crippen molar-refractivity contribution < 1.29 is 17.9 Å². The van der Waals surface area contributed by atoms with Gasteiger partial charge < -0.3 is 10.1 Å². The third kappa shape index (κ3) is 3.87. The van der Waals surface area contributed by atoms with Crippen LogP contribution in [0.4, 0.5) is 19.0 Å². The van der Waals surface area contributed by atoms with Gasteiger partial charge in [0.05, 0.1) is 11.2 Å². The summed E-state index contributed by atoms with van der Waals surface area (Å²) in [5.74, 6) is 0.276. The minimum absolute atomic E-state index is 0.0923. The van der Waals surface area contributed by atoms with Crippen molar-refractivity contribution in [3.63, 3.8) is 0 Å². The number of halogens is 3. The molecule has 0 bridgehead atoms. The summed E-state index contributed by atoms with van der Waals surface area (Å²) < 4.78 is 44.0. The molecular weight excluding hydrogens is 281 g/mol. The zero-order chi connectivity index (χ0) is 15.5. The molecule has 1 aromatic heterocycles. The molecule has 0 spiro atoms. The maximum atomic E-state index is 12.7. The van der Waals surface area contributed by atoms with Gasteiger partial charge in [-0.3, -0.25) is 0 Å². The number of nitrogens with one attached hydrogen (secondary N) is 1. The Morgan fingerprint density at radius 3 is 2.71 bits per heavy atom. The van der Waals surface area contributed by atoms with Gasteiger partial charge in [0.25, 0.3) is 0 Å². The van der Waals surface area contributed by atoms with Crippen molar-refractivity contribution in [2.75, 3.05) is 11.9 Å². The molecule has 0 saturated carbocycles. The van der Waals surface area contributed by atoms with Crippen LogP contribution in [0.2, 0.25) is 0 Å². The molecule has 3 nitrogen and oxygen atoms in total. The average Bonchev–Trinajstić information content (AvgIpc) is 2.47. The van der Waals surface area contributed by atoms with Gasteiger partial charge in [-0.05, 0) is 37.8 Å². The number of rotatable bonds is 4. The smallest absolute Gasteiger partial charge is 0.375 e. The Morgan fingerprint density at radius 2 is 2.10 bits per heavy atom. The van der Waals surface area contributed by atoms with Crippen LogP contribution < -0.4 is 5.32 Å². The summed E-state index contributed by atoms with van der Waals surface area (Å²) in [6.07, 6.45) is 0.218. The largest absolute Gasteiger partial charge is 0.416 e. The van der Waals surface area contributed by atoms with E-state index in [-0.39, 0.29) is 17.5 Å². The lowest BCUT2D eigenvalue weighted by Gasteiger charge is -2.40. The number of aromatic nitrogens is 1. The molecule has 21 heavy (non-hydrogen) atoms. The molecule has 0 aromatic carbocycles. The Kier molecular flexibility index (Phi) is 4.76. The van der Waals surface area contributed by atoms with Crippen molar-refractivity contribution in [1.82, 2.24) is 4.98 Å². The fraction of sp³-hybridized carbons (Fsp3) is 0.667. The van der Waals surface area contributed by atoms with E-state index in [9.17, 15) is 13.2 Å². The first kappa shape index (κ1) is 16.1. The van der Waals surface area contributed by atoms with E-state index in [0.717, 1.165) is 37.8 Å². The maximum Gasteiger partial charge on any atom is 0.416 e. The second-order valence-electron chi connectivity index (χ2n) is 5.50. The summed E-state index contributed by atoms with van der Waals surface area (Å²) in [6, 6.07) is 2.14. The second-order valence-corrected chi connectivity index (χ2v) is 5.50. The fourth-order valence-electron chi connectivity index (χ4n) is 2.79. The van der Waals surface area contributed by atoms with Crippen LogP contribution in [0, 0.1) is 0 Å². The van der Waals surface area contributed by atoms with Crippen LogP contribution in [-0.4, -0.2) is 23.2 Å². The summed E-state index contributed by atoms with van der Waals surface area (Å²) in [5.41, 5.74) is -0.846.